The maximum absolute atomic E-state index is 2.45. The maximum Gasteiger partial charge on any atom is 0.0487 e. The zero-order valence-corrected chi connectivity index (χ0v) is 13.0. The van der Waals surface area contributed by atoms with Crippen molar-refractivity contribution in [2.24, 2.45) is 0 Å². The molecule has 2 heteroatoms. The van der Waals surface area contributed by atoms with E-state index in [0.717, 1.165) is 13.1 Å². The number of hydrogen-bond donors (Lipinski definition) is 0. The molecule has 0 atom stereocenters. The molecule has 104 valence electrons. The van der Waals surface area contributed by atoms with E-state index in [1.165, 1.54) is 35.0 Å². The van der Waals surface area contributed by atoms with E-state index >= 15 is 0 Å². The first-order valence-corrected chi connectivity index (χ1v) is 7.27. The summed E-state index contributed by atoms with van der Waals surface area (Å²) < 4.78 is 2.45. The van der Waals surface area contributed by atoms with Crippen LogP contribution in [0.2, 0.25) is 0 Å². The molecule has 0 aliphatic rings. The highest BCUT2D eigenvalue weighted by Crippen LogP contribution is 2.27. The Kier molecular flexibility index (Phi) is 4.31. The summed E-state index contributed by atoms with van der Waals surface area (Å²) in [5.41, 5.74) is 5.74. The lowest BCUT2D eigenvalue weighted by Gasteiger charge is -2.09. The Morgan fingerprint density at radius 1 is 1.16 bits per heavy atom. The molecule has 0 saturated carbocycles. The molecule has 1 aromatic heterocycles. The van der Waals surface area contributed by atoms with Gasteiger partial charge in [-0.05, 0) is 71.4 Å². The van der Waals surface area contributed by atoms with E-state index in [-0.39, 0.29) is 0 Å². The van der Waals surface area contributed by atoms with Gasteiger partial charge in [0.25, 0.3) is 0 Å². The average Bonchev–Trinajstić information content (AvgIpc) is 2.61. The van der Waals surface area contributed by atoms with Gasteiger partial charge in [-0.2, -0.15) is 0 Å². The maximum atomic E-state index is 2.45. The molecule has 0 aliphatic heterocycles. The van der Waals surface area contributed by atoms with Crippen LogP contribution in [-0.4, -0.2) is 30.1 Å². The van der Waals surface area contributed by atoms with E-state index in [1.807, 2.05) is 0 Å². The van der Waals surface area contributed by atoms with Crippen molar-refractivity contribution in [1.82, 2.24) is 9.47 Å². The Bertz CT molecular complexity index is 564. The number of benzene rings is 1. The van der Waals surface area contributed by atoms with Gasteiger partial charge in [0.05, 0.1) is 0 Å². The molecule has 0 spiro atoms. The van der Waals surface area contributed by atoms with Crippen molar-refractivity contribution in [3.8, 4) is 0 Å². The molecule has 2 rings (SSSR count). The van der Waals surface area contributed by atoms with Crippen LogP contribution in [0.5, 0.6) is 0 Å². The first-order chi connectivity index (χ1) is 9.04. The van der Waals surface area contributed by atoms with Gasteiger partial charge in [0, 0.05) is 23.1 Å². The minimum Gasteiger partial charge on any atom is -0.345 e. The number of nitrogens with zero attached hydrogens (tertiary/aromatic N) is 2. The largest absolute Gasteiger partial charge is 0.345 e. The summed E-state index contributed by atoms with van der Waals surface area (Å²) in [5, 5.41) is 1.45. The third-order valence-electron chi connectivity index (χ3n) is 3.96. The predicted octanol–water partition coefficient (Wildman–Crippen LogP) is 3.77. The standard InChI is InChI=1S/C17H26N2/c1-6-19-14(3)15(8-7-11-18(4)5)16-10-9-13(2)12-17(16)19/h9-10,12H,6-8,11H2,1-5H3. The third-order valence-corrected chi connectivity index (χ3v) is 3.96. The summed E-state index contributed by atoms with van der Waals surface area (Å²) in [6.07, 6.45) is 2.40. The van der Waals surface area contributed by atoms with Crippen LogP contribution >= 0.6 is 0 Å². The van der Waals surface area contributed by atoms with Crippen molar-refractivity contribution in [2.45, 2.75) is 40.2 Å². The summed E-state index contributed by atoms with van der Waals surface area (Å²) in [6, 6.07) is 6.85. The minimum absolute atomic E-state index is 1.06. The van der Waals surface area contributed by atoms with Crippen molar-refractivity contribution in [3.05, 3.63) is 35.0 Å². The molecular formula is C17H26N2. The van der Waals surface area contributed by atoms with E-state index in [1.54, 1.807) is 5.56 Å². The Morgan fingerprint density at radius 2 is 1.89 bits per heavy atom. The minimum atomic E-state index is 1.06. The van der Waals surface area contributed by atoms with Gasteiger partial charge >= 0.3 is 0 Å². The van der Waals surface area contributed by atoms with Crippen molar-refractivity contribution >= 4 is 10.9 Å². The van der Waals surface area contributed by atoms with Crippen LogP contribution in [0.15, 0.2) is 18.2 Å². The van der Waals surface area contributed by atoms with Crippen LogP contribution in [0.25, 0.3) is 10.9 Å². The smallest absolute Gasteiger partial charge is 0.0487 e. The monoisotopic (exact) mass is 258 g/mol. The van der Waals surface area contributed by atoms with E-state index in [0.29, 0.717) is 0 Å². The molecular weight excluding hydrogens is 232 g/mol. The Balaban J connectivity index is 2.39. The predicted molar refractivity (Wildman–Crippen MR) is 84.0 cm³/mol. The Labute approximate surface area is 117 Å². The molecule has 0 unspecified atom stereocenters. The van der Waals surface area contributed by atoms with Crippen molar-refractivity contribution in [2.75, 3.05) is 20.6 Å². The highest BCUT2D eigenvalue weighted by atomic mass is 15.0. The van der Waals surface area contributed by atoms with E-state index in [2.05, 4.69) is 62.5 Å². The molecule has 0 amide bonds. The second-order valence-corrected chi connectivity index (χ2v) is 5.74. The zero-order valence-electron chi connectivity index (χ0n) is 13.0. The van der Waals surface area contributed by atoms with Gasteiger partial charge in [-0.25, -0.2) is 0 Å². The fourth-order valence-electron chi connectivity index (χ4n) is 2.95. The summed E-state index contributed by atoms with van der Waals surface area (Å²) in [5.74, 6) is 0. The number of aromatic nitrogens is 1. The number of rotatable bonds is 5. The molecule has 2 aromatic rings. The molecule has 0 aliphatic carbocycles. The third kappa shape index (κ3) is 2.84. The molecule has 0 bridgehead atoms. The molecule has 1 heterocycles. The highest BCUT2D eigenvalue weighted by Gasteiger charge is 2.12. The summed E-state index contributed by atoms with van der Waals surface area (Å²) in [7, 11) is 4.29. The van der Waals surface area contributed by atoms with E-state index < -0.39 is 0 Å². The summed E-state index contributed by atoms with van der Waals surface area (Å²) >= 11 is 0. The van der Waals surface area contributed by atoms with Gasteiger partial charge < -0.3 is 9.47 Å². The Morgan fingerprint density at radius 3 is 2.53 bits per heavy atom. The number of fused-ring (bicyclic) bond motifs is 1. The van der Waals surface area contributed by atoms with E-state index in [4.69, 9.17) is 0 Å². The first kappa shape index (κ1) is 14.1. The number of hydrogen-bond acceptors (Lipinski definition) is 1. The summed E-state index contributed by atoms with van der Waals surface area (Å²) in [4.78, 5) is 2.26. The molecule has 0 N–H and O–H groups in total. The quantitative estimate of drug-likeness (QED) is 0.792. The lowest BCUT2D eigenvalue weighted by molar-refractivity contribution is 0.400. The van der Waals surface area contributed by atoms with Gasteiger partial charge in [-0.15, -0.1) is 0 Å². The van der Waals surface area contributed by atoms with Crippen LogP contribution < -0.4 is 0 Å². The number of aryl methyl sites for hydroxylation is 3. The second kappa shape index (κ2) is 5.79. The van der Waals surface area contributed by atoms with Crippen LogP contribution in [0.1, 0.15) is 30.2 Å². The van der Waals surface area contributed by atoms with E-state index in [9.17, 15) is 0 Å². The topological polar surface area (TPSA) is 8.17 Å². The molecule has 1 aromatic carbocycles. The molecule has 19 heavy (non-hydrogen) atoms. The highest BCUT2D eigenvalue weighted by molar-refractivity contribution is 5.86. The van der Waals surface area contributed by atoms with Gasteiger partial charge in [-0.1, -0.05) is 12.1 Å². The van der Waals surface area contributed by atoms with Crippen LogP contribution in [0.3, 0.4) is 0 Å². The Hall–Kier alpha value is -1.28. The molecule has 2 nitrogen and oxygen atoms in total. The lowest BCUT2D eigenvalue weighted by Crippen LogP contribution is -2.13. The van der Waals surface area contributed by atoms with Crippen LogP contribution in [-0.2, 0) is 13.0 Å². The second-order valence-electron chi connectivity index (χ2n) is 5.74. The lowest BCUT2D eigenvalue weighted by atomic mass is 10.0. The van der Waals surface area contributed by atoms with Gasteiger partial charge in [0.15, 0.2) is 0 Å². The first-order valence-electron chi connectivity index (χ1n) is 7.27. The van der Waals surface area contributed by atoms with Crippen molar-refractivity contribution in [1.29, 1.82) is 0 Å². The van der Waals surface area contributed by atoms with Gasteiger partial charge in [-0.3, -0.25) is 0 Å². The molecule has 0 radical (unpaired) electrons. The van der Waals surface area contributed by atoms with Gasteiger partial charge in [0.1, 0.15) is 0 Å². The SMILES string of the molecule is CCn1c(C)c(CCCN(C)C)c2ccc(C)cc21. The molecule has 0 fully saturated rings. The van der Waals surface area contributed by atoms with Gasteiger partial charge in [0.2, 0.25) is 0 Å². The van der Waals surface area contributed by atoms with Crippen LogP contribution in [0, 0.1) is 13.8 Å². The van der Waals surface area contributed by atoms with Crippen molar-refractivity contribution < 1.29 is 0 Å². The van der Waals surface area contributed by atoms with Crippen LogP contribution in [0.4, 0.5) is 0 Å². The van der Waals surface area contributed by atoms with Crippen molar-refractivity contribution in [3.63, 3.8) is 0 Å². The zero-order chi connectivity index (χ0) is 14.0. The normalized spacial score (nSPS) is 11.7. The molecule has 0 saturated heterocycles. The summed E-state index contributed by atoms with van der Waals surface area (Å²) in [6.45, 7) is 8.89. The average molecular weight is 258 g/mol. The fourth-order valence-corrected chi connectivity index (χ4v) is 2.95. The fraction of sp³-hybridized carbons (Fsp3) is 0.529.